The molecule has 0 radical (unpaired) electrons. The molecule has 19 heavy (non-hydrogen) atoms. The second kappa shape index (κ2) is 5.79. The van der Waals surface area contributed by atoms with Crippen LogP contribution in [0.25, 0.3) is 0 Å². The highest BCUT2D eigenvalue weighted by atomic mass is 79.9. The quantitative estimate of drug-likeness (QED) is 0.628. The average Bonchev–Trinajstić information content (AvgIpc) is 2.40. The Hall–Kier alpha value is -1.95. The number of nitrogens with zero attached hydrogens (tertiary/aromatic N) is 1. The fourth-order valence-corrected chi connectivity index (χ4v) is 1.89. The van der Waals surface area contributed by atoms with Gasteiger partial charge in [-0.2, -0.15) is 0 Å². The molecule has 6 heteroatoms. The largest absolute Gasteiger partial charge is 0.489 e. The van der Waals surface area contributed by atoms with Gasteiger partial charge in [-0.15, -0.1) is 0 Å². The smallest absolute Gasteiger partial charge is 0.269 e. The van der Waals surface area contributed by atoms with Gasteiger partial charge in [0, 0.05) is 22.2 Å². The summed E-state index contributed by atoms with van der Waals surface area (Å²) in [6.07, 6.45) is 0. The molecule has 0 amide bonds. The van der Waals surface area contributed by atoms with Crippen molar-refractivity contribution in [1.29, 1.82) is 0 Å². The van der Waals surface area contributed by atoms with Crippen molar-refractivity contribution in [3.05, 3.63) is 68.4 Å². The predicted octanol–water partition coefficient (Wildman–Crippen LogP) is 4.08. The van der Waals surface area contributed by atoms with Gasteiger partial charge in [-0.1, -0.05) is 15.9 Å². The van der Waals surface area contributed by atoms with Gasteiger partial charge in [0.25, 0.3) is 5.69 Å². The first-order chi connectivity index (χ1) is 9.06. The van der Waals surface area contributed by atoms with Crippen LogP contribution in [0.1, 0.15) is 5.56 Å². The molecule has 0 aliphatic rings. The summed E-state index contributed by atoms with van der Waals surface area (Å²) in [7, 11) is 0. The van der Waals surface area contributed by atoms with Crippen molar-refractivity contribution in [2.24, 2.45) is 0 Å². The van der Waals surface area contributed by atoms with Crippen molar-refractivity contribution in [2.75, 3.05) is 0 Å². The van der Waals surface area contributed by atoms with E-state index in [1.54, 1.807) is 12.1 Å². The summed E-state index contributed by atoms with van der Waals surface area (Å²) < 4.78 is 19.6. The van der Waals surface area contributed by atoms with Gasteiger partial charge in [-0.3, -0.25) is 10.1 Å². The topological polar surface area (TPSA) is 52.4 Å². The Morgan fingerprint density at radius 1 is 1.21 bits per heavy atom. The summed E-state index contributed by atoms with van der Waals surface area (Å²) in [5.41, 5.74) is 0.397. The van der Waals surface area contributed by atoms with Gasteiger partial charge in [0.1, 0.15) is 18.2 Å². The first-order valence-corrected chi connectivity index (χ1v) is 6.17. The number of non-ortho nitro benzene ring substituents is 1. The lowest BCUT2D eigenvalue weighted by atomic mass is 10.2. The number of nitro groups is 1. The third-order valence-electron chi connectivity index (χ3n) is 2.45. The Kier molecular flexibility index (Phi) is 4.11. The van der Waals surface area contributed by atoms with E-state index in [0.717, 1.165) is 4.47 Å². The van der Waals surface area contributed by atoms with Gasteiger partial charge in [-0.25, -0.2) is 4.39 Å². The predicted molar refractivity (Wildman–Crippen MR) is 71.5 cm³/mol. The highest BCUT2D eigenvalue weighted by molar-refractivity contribution is 9.10. The molecule has 0 heterocycles. The van der Waals surface area contributed by atoms with Crippen LogP contribution < -0.4 is 4.74 Å². The maximum Gasteiger partial charge on any atom is 0.269 e. The van der Waals surface area contributed by atoms with E-state index < -0.39 is 4.92 Å². The number of benzene rings is 2. The molecular formula is C13H9BrFNO3. The maximum atomic E-state index is 13.5. The normalized spacial score (nSPS) is 10.2. The van der Waals surface area contributed by atoms with Crippen LogP contribution >= 0.6 is 15.9 Å². The zero-order chi connectivity index (χ0) is 13.8. The van der Waals surface area contributed by atoms with Crippen LogP contribution in [0.5, 0.6) is 5.75 Å². The molecule has 0 saturated carbocycles. The van der Waals surface area contributed by atoms with Crippen LogP contribution in [0.3, 0.4) is 0 Å². The fraction of sp³-hybridized carbons (Fsp3) is 0.0769. The third-order valence-corrected chi connectivity index (χ3v) is 2.94. The molecular weight excluding hydrogens is 317 g/mol. The van der Waals surface area contributed by atoms with Gasteiger partial charge >= 0.3 is 0 Å². The fourth-order valence-electron chi connectivity index (χ4n) is 1.48. The first-order valence-electron chi connectivity index (χ1n) is 5.37. The number of nitro benzene ring substituents is 1. The summed E-state index contributed by atoms with van der Waals surface area (Å²) in [6.45, 7) is 0.0586. The van der Waals surface area contributed by atoms with Gasteiger partial charge in [0.15, 0.2) is 0 Å². The lowest BCUT2D eigenvalue weighted by Gasteiger charge is -2.07. The van der Waals surface area contributed by atoms with Gasteiger partial charge in [-0.05, 0) is 30.3 Å². The molecule has 0 fully saturated rings. The molecule has 0 spiro atoms. The van der Waals surface area contributed by atoms with Crippen molar-refractivity contribution < 1.29 is 14.1 Å². The minimum Gasteiger partial charge on any atom is -0.489 e. The number of halogens is 2. The lowest BCUT2D eigenvalue weighted by molar-refractivity contribution is -0.384. The van der Waals surface area contributed by atoms with Gasteiger partial charge < -0.3 is 4.74 Å². The SMILES string of the molecule is O=[N+]([O-])c1ccc(OCc2cc(Br)ccc2F)cc1. The van der Waals surface area contributed by atoms with Crippen LogP contribution in [0.4, 0.5) is 10.1 Å². The Balaban J connectivity index is 2.06. The number of hydrogen-bond donors (Lipinski definition) is 0. The van der Waals surface area contributed by atoms with E-state index in [-0.39, 0.29) is 18.1 Å². The maximum absolute atomic E-state index is 13.5. The van der Waals surface area contributed by atoms with E-state index in [9.17, 15) is 14.5 Å². The molecule has 0 saturated heterocycles. The second-order valence-electron chi connectivity index (χ2n) is 3.78. The molecule has 4 nitrogen and oxygen atoms in total. The lowest BCUT2D eigenvalue weighted by Crippen LogP contribution is -1.98. The Bertz CT molecular complexity index is 601. The number of hydrogen-bond acceptors (Lipinski definition) is 3. The van der Waals surface area contributed by atoms with Crippen molar-refractivity contribution in [2.45, 2.75) is 6.61 Å². The van der Waals surface area contributed by atoms with Gasteiger partial charge in [0.2, 0.25) is 0 Å². The van der Waals surface area contributed by atoms with Crippen molar-refractivity contribution >= 4 is 21.6 Å². The Labute approximate surface area is 117 Å². The molecule has 0 aromatic heterocycles. The molecule has 0 aliphatic carbocycles. The van der Waals surface area contributed by atoms with Crippen molar-refractivity contribution in [1.82, 2.24) is 0 Å². The second-order valence-corrected chi connectivity index (χ2v) is 4.69. The molecule has 2 aromatic rings. The zero-order valence-corrected chi connectivity index (χ0v) is 11.3. The van der Waals surface area contributed by atoms with Crippen molar-refractivity contribution in [3.8, 4) is 5.75 Å². The van der Waals surface area contributed by atoms with Crippen molar-refractivity contribution in [3.63, 3.8) is 0 Å². The average molecular weight is 326 g/mol. The third kappa shape index (κ3) is 3.51. The number of rotatable bonds is 4. The summed E-state index contributed by atoms with van der Waals surface area (Å²) in [6, 6.07) is 10.2. The first kappa shape index (κ1) is 13.5. The molecule has 98 valence electrons. The standard InChI is InChI=1S/C13H9BrFNO3/c14-10-1-6-13(15)9(7-10)8-19-12-4-2-11(3-5-12)16(17)18/h1-7H,8H2. The molecule has 0 bridgehead atoms. The van der Waals surface area contributed by atoms with E-state index in [1.807, 2.05) is 0 Å². The summed E-state index contributed by atoms with van der Waals surface area (Å²) in [4.78, 5) is 10.00. The molecule has 0 aliphatic heterocycles. The molecule has 0 atom stereocenters. The molecule has 2 rings (SSSR count). The number of ether oxygens (including phenoxy) is 1. The summed E-state index contributed by atoms with van der Waals surface area (Å²) in [5, 5.41) is 10.5. The minimum atomic E-state index is -0.488. The van der Waals surface area contributed by atoms with E-state index in [2.05, 4.69) is 15.9 Å². The Morgan fingerprint density at radius 3 is 2.53 bits per heavy atom. The molecule has 0 unspecified atom stereocenters. The van der Waals surface area contributed by atoms with Crippen LogP contribution in [-0.2, 0) is 6.61 Å². The highest BCUT2D eigenvalue weighted by Gasteiger charge is 2.06. The van der Waals surface area contributed by atoms with E-state index in [4.69, 9.17) is 4.74 Å². The zero-order valence-electron chi connectivity index (χ0n) is 9.68. The van der Waals surface area contributed by atoms with E-state index in [0.29, 0.717) is 11.3 Å². The van der Waals surface area contributed by atoms with Crippen LogP contribution in [0.15, 0.2) is 46.9 Å². The molecule has 2 aromatic carbocycles. The van der Waals surface area contributed by atoms with E-state index >= 15 is 0 Å². The van der Waals surface area contributed by atoms with Gasteiger partial charge in [0.05, 0.1) is 4.92 Å². The summed E-state index contributed by atoms with van der Waals surface area (Å²) >= 11 is 3.25. The summed E-state index contributed by atoms with van der Waals surface area (Å²) in [5.74, 6) is 0.0927. The van der Waals surface area contributed by atoms with Crippen LogP contribution in [0, 0.1) is 15.9 Å². The Morgan fingerprint density at radius 2 is 1.89 bits per heavy atom. The highest BCUT2D eigenvalue weighted by Crippen LogP contribution is 2.20. The monoisotopic (exact) mass is 325 g/mol. The molecule has 0 N–H and O–H groups in total. The van der Waals surface area contributed by atoms with Crippen LogP contribution in [-0.4, -0.2) is 4.92 Å². The van der Waals surface area contributed by atoms with Crippen LogP contribution in [0.2, 0.25) is 0 Å². The minimum absolute atomic E-state index is 0.0130. The van der Waals surface area contributed by atoms with E-state index in [1.165, 1.54) is 30.3 Å².